The third-order valence-corrected chi connectivity index (χ3v) is 2.34. The first kappa shape index (κ1) is 8.11. The minimum Gasteiger partial charge on any atom is -0.463 e. The Morgan fingerprint density at radius 3 is 3.00 bits per heavy atom. The molecule has 0 saturated heterocycles. The monoisotopic (exact) mass is 199 g/mol. The second-order valence-corrected chi connectivity index (χ2v) is 3.35. The zero-order chi connectivity index (χ0) is 10.3. The van der Waals surface area contributed by atoms with Crippen molar-refractivity contribution in [3.05, 3.63) is 36.6 Å². The fourth-order valence-electron chi connectivity index (χ4n) is 1.64. The van der Waals surface area contributed by atoms with Gasteiger partial charge in [-0.3, -0.25) is 5.10 Å². The molecular weight excluding hydrogens is 190 g/mol. The minimum atomic E-state index is 0.720. The van der Waals surface area contributed by atoms with Crippen LogP contribution in [0.3, 0.4) is 0 Å². The van der Waals surface area contributed by atoms with Gasteiger partial charge in [-0.2, -0.15) is 5.10 Å². The van der Waals surface area contributed by atoms with Gasteiger partial charge in [0.25, 0.3) is 0 Å². The summed E-state index contributed by atoms with van der Waals surface area (Å²) >= 11 is 0. The summed E-state index contributed by atoms with van der Waals surface area (Å²) in [5, 5.41) is 8.14. The van der Waals surface area contributed by atoms with E-state index in [1.165, 1.54) is 0 Å². The molecule has 0 aliphatic carbocycles. The first-order valence-corrected chi connectivity index (χ1v) is 4.62. The lowest BCUT2D eigenvalue weighted by atomic mass is 10.1. The molecule has 0 unspecified atom stereocenters. The lowest BCUT2D eigenvalue weighted by molar-refractivity contribution is 0.580. The van der Waals surface area contributed by atoms with Gasteiger partial charge >= 0.3 is 0 Å². The maximum atomic E-state index is 5.68. The van der Waals surface area contributed by atoms with Crippen LogP contribution in [-0.4, -0.2) is 10.2 Å². The zero-order valence-corrected chi connectivity index (χ0v) is 7.90. The summed E-state index contributed by atoms with van der Waals surface area (Å²) in [5.74, 6) is 0.756. The SMILES string of the molecule is Nc1ccc2c(-c3ccco3)n[nH]c2c1. The summed E-state index contributed by atoms with van der Waals surface area (Å²) < 4.78 is 5.30. The Labute approximate surface area is 85.7 Å². The summed E-state index contributed by atoms with van der Waals surface area (Å²) in [5.41, 5.74) is 8.13. The number of furan rings is 1. The number of hydrogen-bond acceptors (Lipinski definition) is 3. The number of aromatic amines is 1. The maximum Gasteiger partial charge on any atom is 0.154 e. The fraction of sp³-hybridized carbons (Fsp3) is 0. The van der Waals surface area contributed by atoms with Crippen LogP contribution in [0.15, 0.2) is 41.0 Å². The van der Waals surface area contributed by atoms with E-state index in [2.05, 4.69) is 10.2 Å². The molecule has 0 fully saturated rings. The maximum absolute atomic E-state index is 5.68. The van der Waals surface area contributed by atoms with Crippen molar-refractivity contribution in [1.82, 2.24) is 10.2 Å². The Balaban J connectivity index is 2.29. The second-order valence-electron chi connectivity index (χ2n) is 3.35. The van der Waals surface area contributed by atoms with E-state index in [1.54, 1.807) is 6.26 Å². The number of anilines is 1. The normalized spacial score (nSPS) is 10.9. The van der Waals surface area contributed by atoms with Crippen molar-refractivity contribution in [1.29, 1.82) is 0 Å². The molecule has 2 aromatic heterocycles. The fourth-order valence-corrected chi connectivity index (χ4v) is 1.64. The highest BCUT2D eigenvalue weighted by Crippen LogP contribution is 2.27. The quantitative estimate of drug-likeness (QED) is 0.591. The van der Waals surface area contributed by atoms with Crippen LogP contribution in [0.1, 0.15) is 0 Å². The molecule has 1 aromatic carbocycles. The molecule has 4 nitrogen and oxygen atoms in total. The molecule has 3 N–H and O–H groups in total. The van der Waals surface area contributed by atoms with Crippen LogP contribution in [-0.2, 0) is 0 Å². The number of nitrogens with zero attached hydrogens (tertiary/aromatic N) is 1. The van der Waals surface area contributed by atoms with Gasteiger partial charge in [-0.05, 0) is 30.3 Å². The molecule has 0 radical (unpaired) electrons. The van der Waals surface area contributed by atoms with Crippen LogP contribution in [0.25, 0.3) is 22.4 Å². The molecule has 74 valence electrons. The summed E-state index contributed by atoms with van der Waals surface area (Å²) in [4.78, 5) is 0. The van der Waals surface area contributed by atoms with E-state index >= 15 is 0 Å². The van der Waals surface area contributed by atoms with Crippen LogP contribution in [0, 0.1) is 0 Å². The standard InChI is InChI=1S/C11H9N3O/c12-7-3-4-8-9(6-7)13-14-11(8)10-2-1-5-15-10/h1-6H,12H2,(H,13,14). The van der Waals surface area contributed by atoms with E-state index in [0.29, 0.717) is 0 Å². The van der Waals surface area contributed by atoms with Gasteiger partial charge in [0, 0.05) is 11.1 Å². The highest BCUT2D eigenvalue weighted by Gasteiger charge is 2.09. The Hall–Kier alpha value is -2.23. The van der Waals surface area contributed by atoms with E-state index in [4.69, 9.17) is 10.2 Å². The van der Waals surface area contributed by atoms with Gasteiger partial charge in [-0.1, -0.05) is 0 Å². The summed E-state index contributed by atoms with van der Waals surface area (Å²) in [6.45, 7) is 0. The van der Waals surface area contributed by atoms with Crippen LogP contribution in [0.2, 0.25) is 0 Å². The highest BCUT2D eigenvalue weighted by atomic mass is 16.3. The van der Waals surface area contributed by atoms with Crippen molar-refractivity contribution in [2.24, 2.45) is 0 Å². The molecule has 0 atom stereocenters. The van der Waals surface area contributed by atoms with Crippen molar-refractivity contribution < 1.29 is 4.42 Å². The molecule has 0 saturated carbocycles. The lowest BCUT2D eigenvalue weighted by Gasteiger charge is -1.93. The van der Waals surface area contributed by atoms with Crippen molar-refractivity contribution in [2.45, 2.75) is 0 Å². The van der Waals surface area contributed by atoms with Crippen molar-refractivity contribution in [2.75, 3.05) is 5.73 Å². The number of hydrogen-bond donors (Lipinski definition) is 2. The molecule has 0 aliphatic rings. The number of H-pyrrole nitrogens is 1. The molecule has 3 aromatic rings. The van der Waals surface area contributed by atoms with Gasteiger partial charge in [-0.15, -0.1) is 0 Å². The average molecular weight is 199 g/mol. The summed E-state index contributed by atoms with van der Waals surface area (Å²) in [6.07, 6.45) is 1.63. The Morgan fingerprint density at radius 2 is 2.20 bits per heavy atom. The topological polar surface area (TPSA) is 67.8 Å². The Bertz CT molecular complexity index is 595. The predicted molar refractivity (Wildman–Crippen MR) is 58.2 cm³/mol. The van der Waals surface area contributed by atoms with E-state index in [9.17, 15) is 0 Å². The molecule has 4 heteroatoms. The lowest BCUT2D eigenvalue weighted by Crippen LogP contribution is -1.82. The molecule has 0 bridgehead atoms. The van der Waals surface area contributed by atoms with Crippen molar-refractivity contribution in [3.63, 3.8) is 0 Å². The number of nitrogens with one attached hydrogen (secondary N) is 1. The largest absolute Gasteiger partial charge is 0.463 e. The van der Waals surface area contributed by atoms with Gasteiger partial charge in [0.1, 0.15) is 5.69 Å². The van der Waals surface area contributed by atoms with Crippen LogP contribution in [0.5, 0.6) is 0 Å². The van der Waals surface area contributed by atoms with Crippen LogP contribution >= 0.6 is 0 Å². The number of aromatic nitrogens is 2. The summed E-state index contributed by atoms with van der Waals surface area (Å²) in [7, 11) is 0. The predicted octanol–water partition coefficient (Wildman–Crippen LogP) is 2.41. The van der Waals surface area contributed by atoms with Gasteiger partial charge in [0.05, 0.1) is 11.8 Å². The number of nitrogen functional groups attached to an aromatic ring is 1. The van der Waals surface area contributed by atoms with Gasteiger partial charge in [-0.25, -0.2) is 0 Å². The number of rotatable bonds is 1. The minimum absolute atomic E-state index is 0.720. The third-order valence-electron chi connectivity index (χ3n) is 2.34. The molecule has 3 rings (SSSR count). The number of fused-ring (bicyclic) bond motifs is 1. The van der Waals surface area contributed by atoms with Gasteiger partial charge in [0.2, 0.25) is 0 Å². The first-order valence-electron chi connectivity index (χ1n) is 4.62. The van der Waals surface area contributed by atoms with Crippen molar-refractivity contribution in [3.8, 4) is 11.5 Å². The Morgan fingerprint density at radius 1 is 1.27 bits per heavy atom. The van der Waals surface area contributed by atoms with E-state index in [1.807, 2.05) is 30.3 Å². The number of benzene rings is 1. The van der Waals surface area contributed by atoms with Gasteiger partial charge in [0.15, 0.2) is 5.76 Å². The van der Waals surface area contributed by atoms with E-state index < -0.39 is 0 Å². The van der Waals surface area contributed by atoms with E-state index in [-0.39, 0.29) is 0 Å². The zero-order valence-electron chi connectivity index (χ0n) is 7.90. The molecule has 2 heterocycles. The van der Waals surface area contributed by atoms with E-state index in [0.717, 1.165) is 28.0 Å². The third kappa shape index (κ3) is 1.19. The van der Waals surface area contributed by atoms with Crippen molar-refractivity contribution >= 4 is 16.6 Å². The summed E-state index contributed by atoms with van der Waals surface area (Å²) in [6, 6.07) is 9.37. The molecule has 15 heavy (non-hydrogen) atoms. The second kappa shape index (κ2) is 2.88. The molecule has 0 aliphatic heterocycles. The van der Waals surface area contributed by atoms with Gasteiger partial charge < -0.3 is 10.2 Å². The molecular formula is C11H9N3O. The molecule has 0 spiro atoms. The number of nitrogens with two attached hydrogens (primary N) is 1. The van der Waals surface area contributed by atoms with Crippen LogP contribution in [0.4, 0.5) is 5.69 Å². The first-order chi connectivity index (χ1) is 7.34. The van der Waals surface area contributed by atoms with Crippen LogP contribution < -0.4 is 5.73 Å². The highest BCUT2D eigenvalue weighted by molar-refractivity contribution is 5.93. The average Bonchev–Trinajstić information content (AvgIpc) is 2.82. The smallest absolute Gasteiger partial charge is 0.154 e. The Kier molecular flexibility index (Phi) is 1.56. The molecule has 0 amide bonds.